The Morgan fingerprint density at radius 3 is 2.45 bits per heavy atom. The number of nitrogens with zero attached hydrogens (tertiary/aromatic N) is 2. The molecular weight excluding hydrogens is 466 g/mol. The van der Waals surface area contributed by atoms with Gasteiger partial charge in [0.1, 0.15) is 16.0 Å². The van der Waals surface area contributed by atoms with Gasteiger partial charge in [-0.3, -0.25) is 9.10 Å². The lowest BCUT2D eigenvalue weighted by molar-refractivity contribution is -0.149. The number of carbonyl (C=O) groups excluding carboxylic acids is 2. The highest BCUT2D eigenvalue weighted by Gasteiger charge is 2.22. The Labute approximate surface area is 194 Å². The minimum atomic E-state index is -3.65. The number of anilines is 2. The Morgan fingerprint density at radius 1 is 1.06 bits per heavy atom. The number of amides is 1. The van der Waals surface area contributed by atoms with Crippen LogP contribution in [0.5, 0.6) is 5.75 Å². The van der Waals surface area contributed by atoms with Crippen LogP contribution in [0.1, 0.15) is 5.56 Å². The van der Waals surface area contributed by atoms with Crippen LogP contribution in [-0.2, 0) is 24.3 Å². The summed E-state index contributed by atoms with van der Waals surface area (Å²) >= 11 is 1.13. The lowest BCUT2D eigenvalue weighted by Gasteiger charge is -2.18. The van der Waals surface area contributed by atoms with Gasteiger partial charge in [0.15, 0.2) is 13.2 Å². The Kier molecular flexibility index (Phi) is 7.66. The van der Waals surface area contributed by atoms with E-state index in [1.54, 1.807) is 47.8 Å². The Morgan fingerprint density at radius 2 is 1.79 bits per heavy atom. The number of rotatable bonds is 9. The maximum atomic E-state index is 12.6. The normalized spacial score (nSPS) is 10.7. The zero-order valence-corrected chi connectivity index (χ0v) is 19.1. The lowest BCUT2D eigenvalue weighted by atomic mass is 10.2. The van der Waals surface area contributed by atoms with E-state index < -0.39 is 35.1 Å². The summed E-state index contributed by atoms with van der Waals surface area (Å²) in [6, 6.07) is 17.7. The van der Waals surface area contributed by atoms with Crippen LogP contribution in [0.15, 0.2) is 70.3 Å². The van der Waals surface area contributed by atoms with Gasteiger partial charge in [0, 0.05) is 7.05 Å². The molecule has 0 unspecified atom stereocenters. The highest BCUT2D eigenvalue weighted by molar-refractivity contribution is 7.94. The summed E-state index contributed by atoms with van der Waals surface area (Å²) in [5.74, 6) is -1.03. The molecule has 1 amide bonds. The summed E-state index contributed by atoms with van der Waals surface area (Å²) in [6.45, 7) is -0.975. The molecule has 0 aliphatic heterocycles. The van der Waals surface area contributed by atoms with Crippen LogP contribution >= 0.6 is 11.3 Å². The van der Waals surface area contributed by atoms with E-state index in [2.05, 4.69) is 5.32 Å². The van der Waals surface area contributed by atoms with Crippen molar-refractivity contribution < 1.29 is 27.5 Å². The molecule has 3 aromatic rings. The molecule has 0 saturated carbocycles. The zero-order chi connectivity index (χ0) is 23.8. The number of carbonyl (C=O) groups is 2. The highest BCUT2D eigenvalue weighted by atomic mass is 32.2. The van der Waals surface area contributed by atoms with Crippen molar-refractivity contribution in [3.8, 4) is 11.8 Å². The Hall–Kier alpha value is -3.88. The molecule has 0 bridgehead atoms. The molecule has 1 N–H and O–H groups in total. The van der Waals surface area contributed by atoms with E-state index in [1.807, 2.05) is 6.07 Å². The molecule has 2 aromatic carbocycles. The molecule has 0 atom stereocenters. The summed E-state index contributed by atoms with van der Waals surface area (Å²) in [5.41, 5.74) is 1.04. The third-order valence-electron chi connectivity index (χ3n) is 4.35. The number of nitrogens with one attached hydrogen (secondary N) is 1. The molecule has 0 aliphatic carbocycles. The van der Waals surface area contributed by atoms with Gasteiger partial charge >= 0.3 is 5.97 Å². The molecule has 11 heteroatoms. The molecule has 170 valence electrons. The summed E-state index contributed by atoms with van der Waals surface area (Å²) < 4.78 is 36.7. The van der Waals surface area contributed by atoms with Crippen molar-refractivity contribution in [3.63, 3.8) is 0 Å². The number of ether oxygens (including phenoxy) is 2. The van der Waals surface area contributed by atoms with Crippen molar-refractivity contribution in [1.82, 2.24) is 0 Å². The summed E-state index contributed by atoms with van der Waals surface area (Å²) in [5, 5.41) is 13.2. The number of thiophene rings is 1. The van der Waals surface area contributed by atoms with Gasteiger partial charge in [-0.05, 0) is 47.8 Å². The molecule has 0 saturated heterocycles. The van der Waals surface area contributed by atoms with Gasteiger partial charge in [-0.1, -0.05) is 18.2 Å². The van der Waals surface area contributed by atoms with Crippen molar-refractivity contribution in [3.05, 3.63) is 71.6 Å². The SMILES string of the molecule is CN(c1ccc(OCC(=O)OCC(=O)Nc2ccccc2C#N)cc1)S(=O)(=O)c1cccs1. The van der Waals surface area contributed by atoms with E-state index in [-0.39, 0.29) is 9.77 Å². The maximum absolute atomic E-state index is 12.6. The predicted octanol–water partition coefficient (Wildman–Crippen LogP) is 3.01. The average Bonchev–Trinajstić information content (AvgIpc) is 3.38. The second-order valence-corrected chi connectivity index (χ2v) is 9.70. The number of sulfonamides is 1. The first kappa shape index (κ1) is 23.8. The third kappa shape index (κ3) is 6.09. The fourth-order valence-electron chi connectivity index (χ4n) is 2.64. The largest absolute Gasteiger partial charge is 0.482 e. The molecule has 33 heavy (non-hydrogen) atoms. The predicted molar refractivity (Wildman–Crippen MR) is 123 cm³/mol. The van der Waals surface area contributed by atoms with Crippen molar-refractivity contribution in [2.24, 2.45) is 0 Å². The Bertz CT molecular complexity index is 1270. The van der Waals surface area contributed by atoms with E-state index in [9.17, 15) is 18.0 Å². The minimum Gasteiger partial charge on any atom is -0.482 e. The van der Waals surface area contributed by atoms with Gasteiger partial charge in [-0.2, -0.15) is 5.26 Å². The number of esters is 1. The second kappa shape index (κ2) is 10.6. The molecule has 0 radical (unpaired) electrons. The number of benzene rings is 2. The van der Waals surface area contributed by atoms with Crippen LogP contribution in [0.2, 0.25) is 0 Å². The number of hydrogen-bond donors (Lipinski definition) is 1. The summed E-state index contributed by atoms with van der Waals surface area (Å²) in [4.78, 5) is 23.8. The van der Waals surface area contributed by atoms with Crippen LogP contribution in [0.3, 0.4) is 0 Å². The monoisotopic (exact) mass is 485 g/mol. The van der Waals surface area contributed by atoms with Crippen molar-refractivity contribution in [2.75, 3.05) is 29.9 Å². The Balaban J connectivity index is 1.47. The number of nitriles is 1. The molecule has 0 spiro atoms. The minimum absolute atomic E-state index is 0.230. The highest BCUT2D eigenvalue weighted by Crippen LogP contribution is 2.26. The van der Waals surface area contributed by atoms with Gasteiger partial charge in [-0.15, -0.1) is 11.3 Å². The van der Waals surface area contributed by atoms with Gasteiger partial charge < -0.3 is 14.8 Å². The zero-order valence-electron chi connectivity index (χ0n) is 17.4. The van der Waals surface area contributed by atoms with Crippen LogP contribution < -0.4 is 14.4 Å². The quantitative estimate of drug-likeness (QED) is 0.462. The summed E-state index contributed by atoms with van der Waals surface area (Å²) in [7, 11) is -2.20. The van der Waals surface area contributed by atoms with E-state index in [4.69, 9.17) is 14.7 Å². The van der Waals surface area contributed by atoms with Gasteiger partial charge in [0.25, 0.3) is 15.9 Å². The molecular formula is C22H19N3O6S2. The number of hydrogen-bond acceptors (Lipinski definition) is 8. The van der Waals surface area contributed by atoms with Gasteiger partial charge in [0.05, 0.1) is 16.9 Å². The van der Waals surface area contributed by atoms with E-state index in [1.165, 1.54) is 25.2 Å². The van der Waals surface area contributed by atoms with Crippen LogP contribution in [0.4, 0.5) is 11.4 Å². The maximum Gasteiger partial charge on any atom is 0.344 e. The third-order valence-corrected chi connectivity index (χ3v) is 7.51. The lowest BCUT2D eigenvalue weighted by Crippen LogP contribution is -2.25. The van der Waals surface area contributed by atoms with Gasteiger partial charge in [0.2, 0.25) is 0 Å². The first-order chi connectivity index (χ1) is 15.8. The van der Waals surface area contributed by atoms with E-state index in [0.717, 1.165) is 15.6 Å². The first-order valence-corrected chi connectivity index (χ1v) is 11.8. The average molecular weight is 486 g/mol. The van der Waals surface area contributed by atoms with Crippen molar-refractivity contribution in [2.45, 2.75) is 4.21 Å². The molecule has 0 fully saturated rings. The topological polar surface area (TPSA) is 126 Å². The van der Waals surface area contributed by atoms with Crippen LogP contribution in [0.25, 0.3) is 0 Å². The second-order valence-electron chi connectivity index (χ2n) is 6.55. The van der Waals surface area contributed by atoms with Crippen molar-refractivity contribution in [1.29, 1.82) is 5.26 Å². The molecule has 1 heterocycles. The summed E-state index contributed by atoms with van der Waals surface area (Å²) in [6.07, 6.45) is 0. The van der Waals surface area contributed by atoms with Crippen molar-refractivity contribution >= 4 is 44.6 Å². The fraction of sp³-hybridized carbons (Fsp3) is 0.136. The van der Waals surface area contributed by atoms with Gasteiger partial charge in [-0.25, -0.2) is 13.2 Å². The standard InChI is InChI=1S/C22H19N3O6S2/c1-25(33(28,29)22-7-4-12-32-22)17-8-10-18(11-9-17)30-15-21(27)31-14-20(26)24-19-6-3-2-5-16(19)13-23/h2-12H,14-15H2,1H3,(H,24,26). The molecule has 9 nitrogen and oxygen atoms in total. The molecule has 1 aromatic heterocycles. The first-order valence-electron chi connectivity index (χ1n) is 9.51. The van der Waals surface area contributed by atoms with Crippen LogP contribution in [0, 0.1) is 11.3 Å². The molecule has 0 aliphatic rings. The number of para-hydroxylation sites is 1. The fourth-order valence-corrected chi connectivity index (χ4v) is 5.00. The smallest absolute Gasteiger partial charge is 0.344 e. The van der Waals surface area contributed by atoms with E-state index in [0.29, 0.717) is 17.1 Å². The van der Waals surface area contributed by atoms with E-state index >= 15 is 0 Å². The van der Waals surface area contributed by atoms with Crippen LogP contribution in [-0.4, -0.2) is 40.6 Å². The molecule has 3 rings (SSSR count).